The Morgan fingerprint density at radius 3 is 2.64 bits per heavy atom. The molecule has 2 aromatic heterocycles. The maximum Gasteiger partial charge on any atom is 0.306 e. The summed E-state index contributed by atoms with van der Waals surface area (Å²) in [6.45, 7) is 6.62. The molecule has 3 heterocycles. The van der Waals surface area contributed by atoms with Gasteiger partial charge in [-0.1, -0.05) is 24.1 Å². The van der Waals surface area contributed by atoms with Crippen LogP contribution >= 0.6 is 11.3 Å². The summed E-state index contributed by atoms with van der Waals surface area (Å²) >= 11 is 1.63. The van der Waals surface area contributed by atoms with Gasteiger partial charge in [-0.05, 0) is 75.3 Å². The summed E-state index contributed by atoms with van der Waals surface area (Å²) in [6.07, 6.45) is 1.32. The lowest BCUT2D eigenvalue weighted by Gasteiger charge is -2.29. The lowest BCUT2D eigenvalue weighted by Crippen LogP contribution is -2.40. The molecule has 3 N–H and O–H groups in total. The van der Waals surface area contributed by atoms with Gasteiger partial charge in [-0.25, -0.2) is 0 Å². The zero-order valence-corrected chi connectivity index (χ0v) is 23.2. The molecule has 0 spiro atoms. The Kier molecular flexibility index (Phi) is 8.32. The van der Waals surface area contributed by atoms with Crippen molar-refractivity contribution in [2.24, 2.45) is 5.92 Å². The molecule has 2 aromatic carbocycles. The quantitative estimate of drug-likeness (QED) is 0.285. The van der Waals surface area contributed by atoms with Crippen molar-refractivity contribution in [3.05, 3.63) is 59.0 Å². The van der Waals surface area contributed by atoms with Gasteiger partial charge in [0, 0.05) is 69.7 Å². The molecule has 7 nitrogen and oxygen atoms in total. The molecule has 4 aromatic rings. The van der Waals surface area contributed by atoms with Crippen molar-refractivity contribution >= 4 is 45.0 Å². The first-order valence-corrected chi connectivity index (χ1v) is 14.4. The minimum Gasteiger partial charge on any atom is -0.481 e. The highest BCUT2D eigenvalue weighted by molar-refractivity contribution is 7.13. The summed E-state index contributed by atoms with van der Waals surface area (Å²) in [7, 11) is 1.97. The molecular formula is C31H34N4O3S. The summed E-state index contributed by atoms with van der Waals surface area (Å²) in [4.78, 5) is 26.7. The van der Waals surface area contributed by atoms with E-state index in [4.69, 9.17) is 5.11 Å². The number of thiophene rings is 1. The maximum atomic E-state index is 12.3. The Hall–Kier alpha value is -3.64. The molecule has 1 aliphatic rings. The first-order valence-electron chi connectivity index (χ1n) is 13.5. The van der Waals surface area contributed by atoms with E-state index in [-0.39, 0.29) is 11.8 Å². The van der Waals surface area contributed by atoms with Crippen molar-refractivity contribution in [2.75, 3.05) is 33.2 Å². The van der Waals surface area contributed by atoms with Crippen molar-refractivity contribution in [2.45, 2.75) is 32.9 Å². The van der Waals surface area contributed by atoms with Gasteiger partial charge in [-0.2, -0.15) is 0 Å². The monoisotopic (exact) mass is 542 g/mol. The van der Waals surface area contributed by atoms with Gasteiger partial charge in [0.25, 0.3) is 5.91 Å². The number of piperidine rings is 1. The van der Waals surface area contributed by atoms with E-state index in [0.717, 1.165) is 42.2 Å². The third-order valence-electron chi connectivity index (χ3n) is 7.48. The topological polar surface area (TPSA) is 86.6 Å². The van der Waals surface area contributed by atoms with Crippen molar-refractivity contribution in [3.63, 3.8) is 0 Å². The molecule has 0 atom stereocenters. The second kappa shape index (κ2) is 12.0. The molecule has 0 unspecified atom stereocenters. The maximum absolute atomic E-state index is 12.3. The fourth-order valence-electron chi connectivity index (χ4n) is 5.41. The molecule has 1 aliphatic heterocycles. The predicted molar refractivity (Wildman–Crippen MR) is 158 cm³/mol. The Morgan fingerprint density at radius 2 is 1.90 bits per heavy atom. The van der Waals surface area contributed by atoms with Crippen LogP contribution < -0.4 is 10.6 Å². The number of benzene rings is 2. The zero-order valence-electron chi connectivity index (χ0n) is 22.4. The van der Waals surface area contributed by atoms with Crippen LogP contribution in [0.4, 0.5) is 0 Å². The van der Waals surface area contributed by atoms with Gasteiger partial charge in [0.05, 0.1) is 5.92 Å². The first-order chi connectivity index (χ1) is 19.0. The number of carbonyl (C=O) groups excluding carboxylic acids is 1. The molecule has 5 rings (SSSR count). The molecule has 8 heteroatoms. The fraction of sp³-hybridized carbons (Fsp3) is 0.355. The summed E-state index contributed by atoms with van der Waals surface area (Å²) < 4.78 is 2.37. The van der Waals surface area contributed by atoms with E-state index in [1.54, 1.807) is 11.3 Å². The molecular weight excluding hydrogens is 508 g/mol. The minimum atomic E-state index is -0.710. The van der Waals surface area contributed by atoms with Gasteiger partial charge < -0.3 is 25.2 Å². The van der Waals surface area contributed by atoms with Gasteiger partial charge in [-0.3, -0.25) is 9.59 Å². The Labute approximate surface area is 232 Å². The van der Waals surface area contributed by atoms with Crippen molar-refractivity contribution < 1.29 is 14.7 Å². The van der Waals surface area contributed by atoms with Crippen LogP contribution in [0, 0.1) is 17.8 Å². The lowest BCUT2D eigenvalue weighted by molar-refractivity contribution is -0.143. The Bertz CT molecular complexity index is 1570. The number of likely N-dealkylation sites (tertiary alicyclic amines) is 1. The van der Waals surface area contributed by atoms with Gasteiger partial charge in [0.2, 0.25) is 0 Å². The number of hydrogen-bond donors (Lipinski definition) is 3. The van der Waals surface area contributed by atoms with E-state index in [2.05, 4.69) is 75.3 Å². The Morgan fingerprint density at radius 1 is 1.08 bits per heavy atom. The number of nitrogens with zero attached hydrogens (tertiary/aromatic N) is 2. The second-order valence-electron chi connectivity index (χ2n) is 10.0. The van der Waals surface area contributed by atoms with Crippen LogP contribution in [-0.4, -0.2) is 59.7 Å². The van der Waals surface area contributed by atoms with E-state index in [0.29, 0.717) is 25.9 Å². The van der Waals surface area contributed by atoms with E-state index in [1.807, 2.05) is 18.5 Å². The largest absolute Gasteiger partial charge is 0.481 e. The normalized spacial score (nSPS) is 14.4. The molecule has 1 saturated heterocycles. The molecule has 1 amide bonds. The van der Waals surface area contributed by atoms with E-state index in [9.17, 15) is 9.59 Å². The van der Waals surface area contributed by atoms with Crippen LogP contribution in [0.3, 0.4) is 0 Å². The van der Waals surface area contributed by atoms with Crippen molar-refractivity contribution in [1.82, 2.24) is 20.1 Å². The Balaban J connectivity index is 1.24. The van der Waals surface area contributed by atoms with Crippen LogP contribution in [0.1, 0.15) is 30.9 Å². The summed E-state index contributed by atoms with van der Waals surface area (Å²) in [5, 5.41) is 19.7. The molecule has 0 radical (unpaired) electrons. The van der Waals surface area contributed by atoms with Crippen LogP contribution in [0.15, 0.2) is 47.8 Å². The number of fused-ring (bicyclic) bond motifs is 3. The van der Waals surface area contributed by atoms with Gasteiger partial charge in [0.1, 0.15) is 0 Å². The first kappa shape index (κ1) is 26.9. The average Bonchev–Trinajstić information content (AvgIpc) is 3.54. The van der Waals surface area contributed by atoms with E-state index >= 15 is 0 Å². The molecule has 0 saturated carbocycles. The van der Waals surface area contributed by atoms with Crippen molar-refractivity contribution in [1.29, 1.82) is 0 Å². The van der Waals surface area contributed by atoms with Crippen LogP contribution in [0.25, 0.3) is 32.2 Å². The number of aryl methyl sites for hydroxylation is 1. The molecule has 202 valence electrons. The number of amides is 1. The molecule has 39 heavy (non-hydrogen) atoms. The summed E-state index contributed by atoms with van der Waals surface area (Å²) in [5.74, 6) is 4.46. The molecule has 1 fully saturated rings. The van der Waals surface area contributed by atoms with E-state index < -0.39 is 5.97 Å². The number of carbonyl (C=O) groups is 2. The average molecular weight is 543 g/mol. The number of carboxylic acid groups (broad SMARTS) is 1. The fourth-order valence-corrected chi connectivity index (χ4v) is 6.25. The number of nitrogens with one attached hydrogen (secondary N) is 2. The number of carboxylic acids is 1. The van der Waals surface area contributed by atoms with E-state index in [1.165, 1.54) is 27.4 Å². The third kappa shape index (κ3) is 6.01. The zero-order chi connectivity index (χ0) is 27.4. The highest BCUT2D eigenvalue weighted by atomic mass is 32.1. The second-order valence-corrected chi connectivity index (χ2v) is 10.9. The van der Waals surface area contributed by atoms with Gasteiger partial charge >= 0.3 is 5.97 Å². The summed E-state index contributed by atoms with van der Waals surface area (Å²) in [6, 6.07) is 15.4. The number of aliphatic carboxylic acids is 1. The third-order valence-corrected chi connectivity index (χ3v) is 8.46. The van der Waals surface area contributed by atoms with Crippen LogP contribution in [0.2, 0.25) is 0 Å². The highest BCUT2D eigenvalue weighted by Crippen LogP contribution is 2.35. The van der Waals surface area contributed by atoms with Gasteiger partial charge in [0.15, 0.2) is 0 Å². The van der Waals surface area contributed by atoms with Crippen LogP contribution in [-0.2, 0) is 22.7 Å². The van der Waals surface area contributed by atoms with Crippen molar-refractivity contribution in [3.8, 4) is 22.3 Å². The number of aromatic nitrogens is 1. The number of rotatable bonds is 8. The van der Waals surface area contributed by atoms with Gasteiger partial charge in [-0.15, -0.1) is 11.3 Å². The minimum absolute atomic E-state index is 0.243. The standard InChI is InChI=1S/C31H34N4O3S/c1-3-35-27-8-4-21(19-32-2)16-26(27)25-7-6-24(18-28(25)35)29-17-22(20-39-29)5-9-30(36)33-12-15-34-13-10-23(11-14-34)31(37)38/h4,6-8,16-18,20,23,32H,3,10-15,19H2,1-2H3,(H,33,36)(H,37,38). The highest BCUT2D eigenvalue weighted by Gasteiger charge is 2.24. The van der Waals surface area contributed by atoms with Crippen LogP contribution in [0.5, 0.6) is 0 Å². The SMILES string of the molecule is CCn1c2ccc(CNC)cc2c2ccc(-c3cc(C#CC(=O)NCCN4CCC(C(=O)O)CC4)cs3)cc21. The smallest absolute Gasteiger partial charge is 0.306 e. The number of hydrogen-bond acceptors (Lipinski definition) is 5. The summed E-state index contributed by atoms with van der Waals surface area (Å²) in [5.41, 5.74) is 5.71. The lowest BCUT2D eigenvalue weighted by atomic mass is 9.97. The molecule has 0 aliphatic carbocycles. The molecule has 0 bridgehead atoms. The predicted octanol–water partition coefficient (Wildman–Crippen LogP) is 4.53.